The summed E-state index contributed by atoms with van der Waals surface area (Å²) >= 11 is 0. The summed E-state index contributed by atoms with van der Waals surface area (Å²) in [5.74, 6) is -0.559. The number of hydrogen-bond acceptors (Lipinski definition) is 6. The van der Waals surface area contributed by atoms with Gasteiger partial charge in [-0.15, -0.1) is 0 Å². The van der Waals surface area contributed by atoms with Gasteiger partial charge in [0.1, 0.15) is 0 Å². The molecule has 2 heterocycles. The van der Waals surface area contributed by atoms with E-state index in [9.17, 15) is 9.59 Å². The highest BCUT2D eigenvalue weighted by Crippen LogP contribution is 2.56. The number of ether oxygens (including phenoxy) is 2. The Balaban J connectivity index is 1.36. The third kappa shape index (κ3) is 4.05. The van der Waals surface area contributed by atoms with Crippen LogP contribution in [0.25, 0.3) is 33.4 Å². The summed E-state index contributed by atoms with van der Waals surface area (Å²) in [4.78, 5) is 26.6. The Bertz CT molecular complexity index is 2130. The van der Waals surface area contributed by atoms with Gasteiger partial charge in [0.05, 0.1) is 18.8 Å². The van der Waals surface area contributed by atoms with E-state index < -0.39 is 23.1 Å². The van der Waals surface area contributed by atoms with Crippen molar-refractivity contribution >= 4 is 11.9 Å². The number of furan rings is 2. The second-order valence-electron chi connectivity index (χ2n) is 12.3. The lowest BCUT2D eigenvalue weighted by atomic mass is 9.83. The summed E-state index contributed by atoms with van der Waals surface area (Å²) in [6, 6.07) is 33.6. The van der Waals surface area contributed by atoms with E-state index in [-0.39, 0.29) is 11.1 Å². The molecule has 6 heteroatoms. The van der Waals surface area contributed by atoms with Crippen molar-refractivity contribution in [2.75, 3.05) is 0 Å². The maximum absolute atomic E-state index is 13.3. The van der Waals surface area contributed by atoms with Gasteiger partial charge in [0.25, 0.3) is 0 Å². The van der Waals surface area contributed by atoms with Crippen LogP contribution < -0.4 is 0 Å². The first-order valence-electron chi connectivity index (χ1n) is 15.6. The highest BCUT2D eigenvalue weighted by molar-refractivity contribution is 5.93. The van der Waals surface area contributed by atoms with Crippen molar-refractivity contribution in [2.45, 2.75) is 25.0 Å². The molecule has 0 saturated heterocycles. The zero-order valence-electron chi connectivity index (χ0n) is 26.4. The molecule has 0 saturated carbocycles. The Hall–Kier alpha value is -6.14. The zero-order chi connectivity index (χ0) is 33.2. The first-order valence-corrected chi connectivity index (χ1v) is 15.6. The molecule has 48 heavy (non-hydrogen) atoms. The molecule has 0 N–H and O–H groups in total. The standard InChI is InChI=1S/C42H30O6/c1-25(2)39(43)47-41(29-19-21-45-24-29)34-12-7-5-10-30(34)32-17-15-27(22-36(32)41)28-16-18-33-31-11-6-8-13-35(31)42(37(33)23-28,38-14-9-20-46-38)48-40(44)26(3)4/h5-24H,1,3H2,2,4H3. The molecule has 0 fully saturated rings. The van der Waals surface area contributed by atoms with Crippen LogP contribution >= 0.6 is 0 Å². The molecule has 0 bridgehead atoms. The molecule has 2 atom stereocenters. The largest absolute Gasteiger partial charge is 0.472 e. The van der Waals surface area contributed by atoms with Crippen molar-refractivity contribution in [3.05, 3.63) is 180 Å². The van der Waals surface area contributed by atoms with E-state index >= 15 is 0 Å². The fourth-order valence-electron chi connectivity index (χ4n) is 7.14. The number of fused-ring (bicyclic) bond motifs is 6. The van der Waals surface area contributed by atoms with Gasteiger partial charge in [-0.2, -0.15) is 0 Å². The van der Waals surface area contributed by atoms with Crippen LogP contribution in [0.2, 0.25) is 0 Å². The minimum absolute atomic E-state index is 0.279. The number of rotatable bonds is 7. The molecule has 0 radical (unpaired) electrons. The van der Waals surface area contributed by atoms with Crippen LogP contribution in [0.3, 0.4) is 0 Å². The number of carbonyl (C=O) groups excluding carboxylic acids is 2. The quantitative estimate of drug-likeness (QED) is 0.129. The topological polar surface area (TPSA) is 78.9 Å². The van der Waals surface area contributed by atoms with Crippen LogP contribution in [0, 0.1) is 0 Å². The van der Waals surface area contributed by atoms with Gasteiger partial charge in [-0.1, -0.05) is 86.0 Å². The second-order valence-corrected chi connectivity index (χ2v) is 12.3. The molecule has 2 unspecified atom stereocenters. The van der Waals surface area contributed by atoms with Gasteiger partial charge in [0.15, 0.2) is 11.4 Å². The summed E-state index contributed by atoms with van der Waals surface area (Å²) in [6.45, 7) is 11.0. The Labute approximate surface area is 277 Å². The lowest BCUT2D eigenvalue weighted by Crippen LogP contribution is -2.33. The molecular weight excluding hydrogens is 600 g/mol. The Morgan fingerprint density at radius 2 is 1.10 bits per heavy atom. The molecule has 2 aliphatic carbocycles. The number of esters is 2. The lowest BCUT2D eigenvalue weighted by Gasteiger charge is -2.31. The smallest absolute Gasteiger partial charge is 0.334 e. The summed E-state index contributed by atoms with van der Waals surface area (Å²) in [5, 5.41) is 0. The van der Waals surface area contributed by atoms with Gasteiger partial charge in [-0.25, -0.2) is 9.59 Å². The first kappa shape index (κ1) is 29.3. The van der Waals surface area contributed by atoms with E-state index in [0.717, 1.165) is 55.6 Å². The molecular formula is C42H30O6. The van der Waals surface area contributed by atoms with E-state index in [0.29, 0.717) is 11.3 Å². The minimum Gasteiger partial charge on any atom is -0.472 e. The molecule has 8 rings (SSSR count). The average Bonchev–Trinajstić information content (AvgIpc) is 3.91. The predicted octanol–water partition coefficient (Wildman–Crippen LogP) is 9.32. The number of carbonyl (C=O) groups is 2. The Kier molecular flexibility index (Phi) is 6.53. The molecule has 2 aromatic heterocycles. The summed E-state index contributed by atoms with van der Waals surface area (Å²) in [5.41, 5.74) is 7.37. The molecule has 2 aliphatic rings. The van der Waals surface area contributed by atoms with Crippen molar-refractivity contribution in [1.82, 2.24) is 0 Å². The summed E-state index contributed by atoms with van der Waals surface area (Å²) in [6.07, 6.45) is 4.77. The highest BCUT2D eigenvalue weighted by atomic mass is 16.6. The molecule has 6 aromatic rings. The van der Waals surface area contributed by atoms with E-state index in [2.05, 4.69) is 43.5 Å². The van der Waals surface area contributed by atoms with Crippen molar-refractivity contribution in [1.29, 1.82) is 0 Å². The van der Waals surface area contributed by atoms with E-state index in [4.69, 9.17) is 18.3 Å². The molecule has 0 spiro atoms. The third-order valence-corrected chi connectivity index (χ3v) is 9.31. The molecule has 0 aliphatic heterocycles. The van der Waals surface area contributed by atoms with Crippen molar-refractivity contribution in [3.63, 3.8) is 0 Å². The highest BCUT2D eigenvalue weighted by Gasteiger charge is 2.52. The molecule has 6 nitrogen and oxygen atoms in total. The van der Waals surface area contributed by atoms with Crippen molar-refractivity contribution < 1.29 is 27.9 Å². The minimum atomic E-state index is -1.34. The number of hydrogen-bond donors (Lipinski definition) is 0. The SMILES string of the molecule is C=C(C)C(=O)OC1(c2ccoc2)c2ccccc2-c2ccc(-c3ccc4c(c3)C(OC(=O)C(=C)C)(c3ccco3)c3ccccc3-4)cc21. The van der Waals surface area contributed by atoms with Gasteiger partial charge >= 0.3 is 11.9 Å². The normalized spacial score (nSPS) is 18.3. The van der Waals surface area contributed by atoms with Gasteiger partial charge in [0, 0.05) is 39.0 Å². The first-order chi connectivity index (χ1) is 23.3. The van der Waals surface area contributed by atoms with Crippen LogP contribution in [0.4, 0.5) is 0 Å². The van der Waals surface area contributed by atoms with Crippen LogP contribution in [-0.4, -0.2) is 11.9 Å². The van der Waals surface area contributed by atoms with Crippen LogP contribution in [0.1, 0.15) is 47.4 Å². The molecule has 0 amide bonds. The van der Waals surface area contributed by atoms with Gasteiger partial charge in [0.2, 0.25) is 5.60 Å². The van der Waals surface area contributed by atoms with Crippen LogP contribution in [0.5, 0.6) is 0 Å². The maximum Gasteiger partial charge on any atom is 0.334 e. The summed E-state index contributed by atoms with van der Waals surface area (Å²) in [7, 11) is 0. The predicted molar refractivity (Wildman–Crippen MR) is 182 cm³/mol. The lowest BCUT2D eigenvalue weighted by molar-refractivity contribution is -0.149. The van der Waals surface area contributed by atoms with Gasteiger partial charge in [-0.3, -0.25) is 0 Å². The van der Waals surface area contributed by atoms with Crippen molar-refractivity contribution in [2.24, 2.45) is 0 Å². The van der Waals surface area contributed by atoms with Crippen LogP contribution in [0.15, 0.2) is 155 Å². The summed E-state index contributed by atoms with van der Waals surface area (Å²) < 4.78 is 24.4. The van der Waals surface area contributed by atoms with Gasteiger partial charge < -0.3 is 18.3 Å². The van der Waals surface area contributed by atoms with Crippen LogP contribution in [-0.2, 0) is 30.3 Å². The monoisotopic (exact) mass is 630 g/mol. The number of benzene rings is 4. The van der Waals surface area contributed by atoms with E-state index in [1.54, 1.807) is 38.7 Å². The Morgan fingerprint density at radius 1 is 0.583 bits per heavy atom. The average molecular weight is 631 g/mol. The maximum atomic E-state index is 13.3. The molecule has 4 aromatic carbocycles. The second kappa shape index (κ2) is 10.7. The molecule has 234 valence electrons. The fourth-order valence-corrected chi connectivity index (χ4v) is 7.14. The third-order valence-electron chi connectivity index (χ3n) is 9.31. The van der Waals surface area contributed by atoms with Gasteiger partial charge in [-0.05, 0) is 77.6 Å². The Morgan fingerprint density at radius 3 is 1.62 bits per heavy atom. The van der Waals surface area contributed by atoms with Crippen molar-refractivity contribution in [3.8, 4) is 33.4 Å². The fraction of sp³-hybridized carbons (Fsp3) is 0.0952. The zero-order valence-corrected chi connectivity index (χ0v) is 26.4. The van der Waals surface area contributed by atoms with E-state index in [1.807, 2.05) is 66.7 Å². The van der Waals surface area contributed by atoms with E-state index in [1.165, 1.54) is 0 Å².